The molecule has 8 heteroatoms. The van der Waals surface area contributed by atoms with Crippen LogP contribution < -0.4 is 34.7 Å². The fraction of sp³-hybridized carbons (Fsp3) is 0.625. The van der Waals surface area contributed by atoms with Gasteiger partial charge in [-0.2, -0.15) is 8.42 Å². The molecule has 1 rings (SSSR count). The standard InChI is InChI=1S/C14H22O.C2H6O5S.Na/c1-12(2)8-4-3-5-9-13-10-6-7-11-14(13)15;1-2-6-7-8(3,4)5;/h6-7,10-12,15H,3-5,8-9H2,1-2H3;2H2,1H3,(H,3,4,5);/q;;+1/p-1. The molecular weight excluding hydrogens is 343 g/mol. The Balaban J connectivity index is 0. The molecular formula is C16H27NaO6S. The van der Waals surface area contributed by atoms with Crippen molar-refractivity contribution >= 4 is 10.4 Å². The minimum atomic E-state index is -4.41. The molecule has 6 nitrogen and oxygen atoms in total. The van der Waals surface area contributed by atoms with Crippen LogP contribution in [0.15, 0.2) is 24.3 Å². The van der Waals surface area contributed by atoms with E-state index < -0.39 is 10.4 Å². The first-order valence-corrected chi connectivity index (χ1v) is 9.16. The molecule has 0 unspecified atom stereocenters. The van der Waals surface area contributed by atoms with E-state index in [9.17, 15) is 13.5 Å². The first-order chi connectivity index (χ1) is 10.8. The monoisotopic (exact) mass is 370 g/mol. The van der Waals surface area contributed by atoms with Crippen molar-refractivity contribution in [3.05, 3.63) is 29.8 Å². The van der Waals surface area contributed by atoms with E-state index in [0.29, 0.717) is 0 Å². The molecule has 0 saturated heterocycles. The van der Waals surface area contributed by atoms with Crippen molar-refractivity contribution in [3.63, 3.8) is 0 Å². The van der Waals surface area contributed by atoms with Gasteiger partial charge in [-0.05, 0) is 25.7 Å². The number of rotatable bonds is 9. The molecule has 0 saturated carbocycles. The van der Waals surface area contributed by atoms with Gasteiger partial charge in [0.05, 0.1) is 6.61 Å². The van der Waals surface area contributed by atoms with Crippen molar-refractivity contribution in [2.45, 2.75) is 52.9 Å². The molecule has 1 aromatic rings. The molecule has 0 aliphatic carbocycles. The summed E-state index contributed by atoms with van der Waals surface area (Å²) < 4.78 is 30.4. The second-order valence-corrected chi connectivity index (χ2v) is 6.49. The summed E-state index contributed by atoms with van der Waals surface area (Å²) in [4.78, 5) is 3.86. The summed E-state index contributed by atoms with van der Waals surface area (Å²) in [6, 6.07) is 7.36. The Morgan fingerprint density at radius 1 is 1.17 bits per heavy atom. The van der Waals surface area contributed by atoms with Gasteiger partial charge in [0, 0.05) is 0 Å². The molecule has 134 valence electrons. The van der Waals surface area contributed by atoms with Crippen molar-refractivity contribution < 1.29 is 56.9 Å². The molecule has 0 fully saturated rings. The summed E-state index contributed by atoms with van der Waals surface area (Å²) in [5.74, 6) is 0.998. The predicted octanol–water partition coefficient (Wildman–Crippen LogP) is 0.280. The van der Waals surface area contributed by atoms with Crippen LogP contribution in [-0.4, -0.2) is 19.6 Å². The van der Waals surface area contributed by atoms with E-state index in [4.69, 9.17) is 4.55 Å². The number of para-hydroxylation sites is 1. The second kappa shape index (κ2) is 15.1. The summed E-state index contributed by atoms with van der Waals surface area (Å²) in [5.41, 5.74) is 0.974. The van der Waals surface area contributed by atoms with E-state index in [1.807, 2.05) is 18.2 Å². The van der Waals surface area contributed by atoms with Gasteiger partial charge in [0.15, 0.2) is 0 Å². The minimum Gasteiger partial charge on any atom is -0.872 e. The van der Waals surface area contributed by atoms with Crippen molar-refractivity contribution in [2.24, 2.45) is 5.92 Å². The molecule has 0 amide bonds. The Bertz CT molecular complexity index is 519. The Labute approximate surface area is 167 Å². The summed E-state index contributed by atoms with van der Waals surface area (Å²) in [6.07, 6.45) is 5.92. The van der Waals surface area contributed by atoms with E-state index in [1.54, 1.807) is 6.07 Å². The summed E-state index contributed by atoms with van der Waals surface area (Å²) >= 11 is 0. The minimum absolute atomic E-state index is 0. The quantitative estimate of drug-likeness (QED) is 0.221. The van der Waals surface area contributed by atoms with Gasteiger partial charge in [-0.3, -0.25) is 4.55 Å². The Hall–Kier alpha value is -0.150. The maximum Gasteiger partial charge on any atom is 1.00 e. The SMILES string of the molecule is CC(C)CCCCCc1ccccc1[O-].CCOOS(=O)(=O)O.[Na+]. The second-order valence-electron chi connectivity index (χ2n) is 5.50. The molecule has 0 aliphatic rings. The molecule has 0 heterocycles. The molecule has 0 atom stereocenters. The van der Waals surface area contributed by atoms with Gasteiger partial charge in [0.25, 0.3) is 0 Å². The van der Waals surface area contributed by atoms with Gasteiger partial charge in [-0.1, -0.05) is 67.3 Å². The number of unbranched alkanes of at least 4 members (excludes halogenated alkanes) is 2. The van der Waals surface area contributed by atoms with Gasteiger partial charge in [0.1, 0.15) is 0 Å². The van der Waals surface area contributed by atoms with Crippen molar-refractivity contribution in [2.75, 3.05) is 6.61 Å². The Morgan fingerprint density at radius 2 is 1.79 bits per heavy atom. The molecule has 1 N–H and O–H groups in total. The molecule has 0 spiro atoms. The Morgan fingerprint density at radius 3 is 2.25 bits per heavy atom. The zero-order valence-electron chi connectivity index (χ0n) is 15.0. The molecule has 24 heavy (non-hydrogen) atoms. The van der Waals surface area contributed by atoms with Crippen LogP contribution in [-0.2, 0) is 26.0 Å². The van der Waals surface area contributed by atoms with Crippen molar-refractivity contribution in [1.82, 2.24) is 0 Å². The number of hydrogen-bond donors (Lipinski definition) is 1. The Kier molecular flexibility index (Phi) is 16.4. The number of hydrogen-bond acceptors (Lipinski definition) is 5. The van der Waals surface area contributed by atoms with Gasteiger partial charge in [-0.15, -0.1) is 5.75 Å². The molecule has 0 radical (unpaired) electrons. The van der Waals surface area contributed by atoms with Crippen LogP contribution in [0.25, 0.3) is 0 Å². The van der Waals surface area contributed by atoms with Crippen LogP contribution >= 0.6 is 0 Å². The van der Waals surface area contributed by atoms with Crippen LogP contribution in [0.2, 0.25) is 0 Å². The van der Waals surface area contributed by atoms with E-state index in [1.165, 1.54) is 26.2 Å². The van der Waals surface area contributed by atoms with Crippen LogP contribution in [0.5, 0.6) is 5.75 Å². The molecule has 0 aliphatic heterocycles. The average Bonchev–Trinajstić information content (AvgIpc) is 2.46. The summed E-state index contributed by atoms with van der Waals surface area (Å²) in [5, 5.41) is 11.4. The predicted molar refractivity (Wildman–Crippen MR) is 87.2 cm³/mol. The average molecular weight is 370 g/mol. The molecule has 0 bridgehead atoms. The zero-order chi connectivity index (χ0) is 17.7. The van der Waals surface area contributed by atoms with Crippen molar-refractivity contribution in [3.8, 4) is 5.75 Å². The third kappa shape index (κ3) is 16.7. The van der Waals surface area contributed by atoms with Gasteiger partial charge in [0.2, 0.25) is 0 Å². The third-order valence-corrected chi connectivity index (χ3v) is 3.22. The van der Waals surface area contributed by atoms with Gasteiger partial charge in [-0.25, -0.2) is 4.89 Å². The first-order valence-electron chi connectivity index (χ1n) is 7.79. The maximum absolute atomic E-state index is 11.4. The third-order valence-electron chi connectivity index (χ3n) is 2.95. The van der Waals surface area contributed by atoms with Gasteiger partial charge < -0.3 is 5.11 Å². The fourth-order valence-electron chi connectivity index (χ4n) is 1.86. The van der Waals surface area contributed by atoms with E-state index in [-0.39, 0.29) is 41.9 Å². The van der Waals surface area contributed by atoms with E-state index in [2.05, 4.69) is 23.1 Å². The topological polar surface area (TPSA) is 95.9 Å². The smallest absolute Gasteiger partial charge is 0.872 e. The van der Waals surface area contributed by atoms with Crippen LogP contribution in [0, 0.1) is 5.92 Å². The van der Waals surface area contributed by atoms with Crippen LogP contribution in [0.1, 0.15) is 52.0 Å². The van der Waals surface area contributed by atoms with Crippen LogP contribution in [0.3, 0.4) is 0 Å². The van der Waals surface area contributed by atoms with Crippen LogP contribution in [0.4, 0.5) is 0 Å². The van der Waals surface area contributed by atoms with E-state index in [0.717, 1.165) is 24.3 Å². The zero-order valence-corrected chi connectivity index (χ0v) is 17.8. The maximum atomic E-state index is 11.4. The fourth-order valence-corrected chi connectivity index (χ4v) is 2.08. The van der Waals surface area contributed by atoms with E-state index >= 15 is 0 Å². The van der Waals surface area contributed by atoms with Crippen molar-refractivity contribution in [1.29, 1.82) is 0 Å². The first kappa shape index (κ1) is 26.1. The summed E-state index contributed by atoms with van der Waals surface area (Å²) in [7, 11) is -4.41. The molecule has 1 aromatic carbocycles. The molecule has 0 aromatic heterocycles. The largest absolute Gasteiger partial charge is 1.00 e. The summed E-state index contributed by atoms with van der Waals surface area (Å²) in [6.45, 7) is 6.10. The number of benzene rings is 1. The normalized spacial score (nSPS) is 10.7. The number of aryl methyl sites for hydroxylation is 1. The van der Waals surface area contributed by atoms with Gasteiger partial charge >= 0.3 is 40.0 Å².